The standard InChI is InChI=1S/C15H20N2O3.C2H6/c1-11(2)17-13(15(19)20)10-16-14(18)12-8-6-4-3-5-7-9-12;1-2/h3-9,11,13,17H,10H2,1-2H3,(H,16,18)(H,19,20);1-2H3/b4-3-,5-3?,6-4?,7-5-,8-6-,9-7?,12-8?,12-9+;. The first-order valence-electron chi connectivity index (χ1n) is 7.49. The van der Waals surface area contributed by atoms with Gasteiger partial charge in [-0.1, -0.05) is 58.1 Å². The van der Waals surface area contributed by atoms with Crippen LogP contribution in [-0.4, -0.2) is 35.6 Å². The summed E-state index contributed by atoms with van der Waals surface area (Å²) < 4.78 is 0. The zero-order chi connectivity index (χ0) is 17.0. The predicted molar refractivity (Wildman–Crippen MR) is 89.6 cm³/mol. The zero-order valence-corrected chi connectivity index (χ0v) is 13.7. The molecule has 22 heavy (non-hydrogen) atoms. The van der Waals surface area contributed by atoms with E-state index in [-0.39, 0.29) is 18.5 Å². The van der Waals surface area contributed by atoms with Crippen LogP contribution in [0.4, 0.5) is 0 Å². The molecule has 0 saturated heterocycles. The van der Waals surface area contributed by atoms with Crippen molar-refractivity contribution in [1.82, 2.24) is 10.6 Å². The van der Waals surface area contributed by atoms with Crippen LogP contribution in [0.15, 0.2) is 48.1 Å². The fraction of sp³-hybridized carbons (Fsp3) is 0.412. The Morgan fingerprint density at radius 1 is 1.09 bits per heavy atom. The number of carbonyl (C=O) groups excluding carboxylic acids is 1. The molecule has 1 unspecified atom stereocenters. The van der Waals surface area contributed by atoms with Crippen molar-refractivity contribution in [2.24, 2.45) is 0 Å². The Morgan fingerprint density at radius 3 is 2.27 bits per heavy atom. The van der Waals surface area contributed by atoms with E-state index in [0.717, 1.165) is 0 Å². The third-order valence-corrected chi connectivity index (χ3v) is 2.56. The van der Waals surface area contributed by atoms with Gasteiger partial charge in [-0.25, -0.2) is 0 Å². The van der Waals surface area contributed by atoms with E-state index in [2.05, 4.69) is 10.6 Å². The van der Waals surface area contributed by atoms with Crippen molar-refractivity contribution in [2.75, 3.05) is 6.54 Å². The number of aliphatic carboxylic acids is 1. The molecule has 5 nitrogen and oxygen atoms in total. The first-order valence-corrected chi connectivity index (χ1v) is 7.49. The van der Waals surface area contributed by atoms with E-state index in [9.17, 15) is 9.59 Å². The Balaban J connectivity index is 0.00000211. The Bertz CT molecular complexity index is 474. The van der Waals surface area contributed by atoms with E-state index in [1.54, 1.807) is 24.3 Å². The average molecular weight is 306 g/mol. The van der Waals surface area contributed by atoms with Crippen molar-refractivity contribution in [2.45, 2.75) is 39.8 Å². The van der Waals surface area contributed by atoms with Gasteiger partial charge in [-0.2, -0.15) is 0 Å². The second kappa shape index (κ2) is 11.5. The van der Waals surface area contributed by atoms with E-state index in [0.29, 0.717) is 5.57 Å². The van der Waals surface area contributed by atoms with Gasteiger partial charge in [0.25, 0.3) is 5.91 Å². The Kier molecular flexibility index (Phi) is 10.4. The van der Waals surface area contributed by atoms with Crippen LogP contribution in [0.1, 0.15) is 27.7 Å². The van der Waals surface area contributed by atoms with E-state index in [4.69, 9.17) is 5.11 Å². The van der Waals surface area contributed by atoms with Crippen LogP contribution in [0.2, 0.25) is 0 Å². The lowest BCUT2D eigenvalue weighted by atomic mass is 10.1. The van der Waals surface area contributed by atoms with E-state index < -0.39 is 12.0 Å². The lowest BCUT2D eigenvalue weighted by molar-refractivity contribution is -0.139. The monoisotopic (exact) mass is 306 g/mol. The highest BCUT2D eigenvalue weighted by Crippen LogP contribution is 2.02. The molecule has 0 heterocycles. The van der Waals surface area contributed by atoms with Crippen LogP contribution in [-0.2, 0) is 9.59 Å². The number of carbonyl (C=O) groups is 2. The van der Waals surface area contributed by atoms with Crippen LogP contribution in [0, 0.1) is 0 Å². The summed E-state index contributed by atoms with van der Waals surface area (Å²) in [5.41, 5.74) is 0.485. The third kappa shape index (κ3) is 8.21. The van der Waals surface area contributed by atoms with Gasteiger partial charge in [0.05, 0.1) is 0 Å². The number of carboxylic acids is 1. The number of hydrogen-bond acceptors (Lipinski definition) is 3. The molecule has 5 heteroatoms. The smallest absolute Gasteiger partial charge is 0.322 e. The van der Waals surface area contributed by atoms with Gasteiger partial charge in [0.1, 0.15) is 6.04 Å². The molecule has 0 aromatic heterocycles. The maximum atomic E-state index is 12.0. The van der Waals surface area contributed by atoms with Gasteiger partial charge in [-0.05, 0) is 12.2 Å². The summed E-state index contributed by atoms with van der Waals surface area (Å²) in [6, 6.07) is -0.769. The van der Waals surface area contributed by atoms with E-state index in [1.165, 1.54) is 0 Å². The average Bonchev–Trinajstić information content (AvgIpc) is 2.44. The summed E-state index contributed by atoms with van der Waals surface area (Å²) in [6.07, 6.45) is 12.4. The zero-order valence-electron chi connectivity index (χ0n) is 13.7. The summed E-state index contributed by atoms with van der Waals surface area (Å²) in [6.45, 7) is 7.75. The number of amides is 1. The number of hydrogen-bond donors (Lipinski definition) is 3. The molecule has 1 amide bonds. The van der Waals surface area contributed by atoms with Gasteiger partial charge in [0.15, 0.2) is 0 Å². The predicted octanol–water partition coefficient (Wildman–Crippen LogP) is 2.19. The molecular weight excluding hydrogens is 280 g/mol. The van der Waals surface area contributed by atoms with Crippen molar-refractivity contribution in [3.05, 3.63) is 48.1 Å². The number of carboxylic acid groups (broad SMARTS) is 1. The fourth-order valence-corrected chi connectivity index (χ4v) is 1.63. The highest BCUT2D eigenvalue weighted by molar-refractivity contribution is 5.96. The van der Waals surface area contributed by atoms with Gasteiger partial charge in [0.2, 0.25) is 0 Å². The molecule has 1 aliphatic carbocycles. The minimum atomic E-state index is -0.982. The van der Waals surface area contributed by atoms with Gasteiger partial charge in [-0.15, -0.1) is 0 Å². The van der Waals surface area contributed by atoms with Crippen LogP contribution in [0.5, 0.6) is 0 Å². The topological polar surface area (TPSA) is 78.4 Å². The molecule has 3 N–H and O–H groups in total. The Labute approximate surface area is 132 Å². The second-order valence-electron chi connectivity index (χ2n) is 4.67. The van der Waals surface area contributed by atoms with Crippen molar-refractivity contribution >= 4 is 11.9 Å². The molecule has 0 aromatic carbocycles. The highest BCUT2D eigenvalue weighted by Gasteiger charge is 2.19. The maximum Gasteiger partial charge on any atom is 0.322 e. The number of nitrogens with one attached hydrogen (secondary N) is 2. The van der Waals surface area contributed by atoms with Crippen molar-refractivity contribution in [3.63, 3.8) is 0 Å². The van der Waals surface area contributed by atoms with E-state index >= 15 is 0 Å². The van der Waals surface area contributed by atoms with Gasteiger partial charge >= 0.3 is 5.97 Å². The number of allylic oxidation sites excluding steroid dienone is 6. The summed E-state index contributed by atoms with van der Waals surface area (Å²) in [5, 5.41) is 14.6. The summed E-state index contributed by atoms with van der Waals surface area (Å²) in [7, 11) is 0. The molecule has 1 aliphatic rings. The van der Waals surface area contributed by atoms with Crippen molar-refractivity contribution in [1.29, 1.82) is 0 Å². The summed E-state index contributed by atoms with van der Waals surface area (Å²) in [4.78, 5) is 23.0. The largest absolute Gasteiger partial charge is 0.480 e. The van der Waals surface area contributed by atoms with Crippen molar-refractivity contribution < 1.29 is 14.7 Å². The van der Waals surface area contributed by atoms with Crippen LogP contribution >= 0.6 is 0 Å². The molecule has 122 valence electrons. The molecule has 1 rings (SSSR count). The van der Waals surface area contributed by atoms with Gasteiger partial charge < -0.3 is 15.7 Å². The Morgan fingerprint density at radius 2 is 1.68 bits per heavy atom. The van der Waals surface area contributed by atoms with Crippen LogP contribution in [0.3, 0.4) is 0 Å². The molecule has 1 atom stereocenters. The van der Waals surface area contributed by atoms with Crippen LogP contribution in [0.25, 0.3) is 0 Å². The van der Waals surface area contributed by atoms with Crippen molar-refractivity contribution in [3.8, 4) is 0 Å². The lowest BCUT2D eigenvalue weighted by Crippen LogP contribution is -2.48. The minimum Gasteiger partial charge on any atom is -0.480 e. The molecular formula is C17H26N2O3. The molecule has 0 saturated carbocycles. The van der Waals surface area contributed by atoms with Gasteiger partial charge in [0, 0.05) is 18.2 Å². The second-order valence-corrected chi connectivity index (χ2v) is 4.67. The maximum absolute atomic E-state index is 12.0. The summed E-state index contributed by atoms with van der Waals surface area (Å²) >= 11 is 0. The van der Waals surface area contributed by atoms with Gasteiger partial charge in [-0.3, -0.25) is 9.59 Å². The lowest BCUT2D eigenvalue weighted by Gasteiger charge is -2.17. The summed E-state index contributed by atoms with van der Waals surface area (Å²) in [5.74, 6) is -1.28. The van der Waals surface area contributed by atoms with E-state index in [1.807, 2.05) is 45.9 Å². The third-order valence-electron chi connectivity index (χ3n) is 2.56. The SMILES string of the molecule is CC.CC(C)NC(CNC(=O)C1=C/C=C\C=C/C=C\1)C(=O)O. The minimum absolute atomic E-state index is 0.0292. The normalized spacial score (nSPS) is 21.0. The Hall–Kier alpha value is -2.14. The first-order chi connectivity index (χ1) is 10.5. The molecule has 0 aliphatic heterocycles. The highest BCUT2D eigenvalue weighted by atomic mass is 16.4. The molecule has 0 fully saturated rings. The molecule has 0 aromatic rings. The molecule has 0 bridgehead atoms. The fourth-order valence-electron chi connectivity index (χ4n) is 1.63. The quantitative estimate of drug-likeness (QED) is 0.703. The molecule has 0 spiro atoms. The van der Waals surface area contributed by atoms with Crippen LogP contribution < -0.4 is 10.6 Å². The molecule has 0 radical (unpaired) electrons. The first kappa shape index (κ1) is 19.9. The number of rotatable bonds is 6.